The minimum Gasteiger partial charge on any atom is -0.217 e. The molecule has 0 N–H and O–H groups in total. The average molecular weight is 234 g/mol. The monoisotopic (exact) mass is 233 g/mol. The van der Waals surface area contributed by atoms with Crippen LogP contribution >= 0.6 is 15.9 Å². The normalized spacial score (nSPS) is 10.0. The summed E-state index contributed by atoms with van der Waals surface area (Å²) in [5, 5.41) is 0. The van der Waals surface area contributed by atoms with Crippen molar-refractivity contribution in [2.24, 2.45) is 0 Å². The molecule has 0 spiro atoms. The van der Waals surface area contributed by atoms with Gasteiger partial charge in [-0.25, -0.2) is 4.98 Å². The largest absolute Gasteiger partial charge is 0.277 e. The molecule has 0 fully saturated rings. The van der Waals surface area contributed by atoms with Gasteiger partial charge in [0.2, 0.25) is 5.95 Å². The molecule has 0 aliphatic heterocycles. The quantitative estimate of drug-likeness (QED) is 0.551. The lowest BCUT2D eigenvalue weighted by atomic mass is 10.3. The van der Waals surface area contributed by atoms with E-state index in [1.165, 1.54) is 13.1 Å². The first-order chi connectivity index (χ1) is 5.52. The number of halogens is 2. The van der Waals surface area contributed by atoms with Crippen LogP contribution in [0.5, 0.6) is 0 Å². The highest BCUT2D eigenvalue weighted by atomic mass is 79.9. The number of nitroso groups, excluding NO2 is 1. The molecule has 0 unspecified atom stereocenters. The summed E-state index contributed by atoms with van der Waals surface area (Å²) in [4.78, 5) is 14.4. The fourth-order valence-corrected chi connectivity index (χ4v) is 1.17. The molecule has 0 atom stereocenters. The molecule has 12 heavy (non-hydrogen) atoms. The third-order valence-corrected chi connectivity index (χ3v) is 1.99. The van der Waals surface area contributed by atoms with Crippen LogP contribution in [0.4, 0.5) is 10.1 Å². The van der Waals surface area contributed by atoms with Crippen LogP contribution < -0.4 is 0 Å². The van der Waals surface area contributed by atoms with Crippen LogP contribution in [0, 0.1) is 17.8 Å². The number of aryl methyl sites for hydroxylation is 1. The molecule has 0 radical (unpaired) electrons. The predicted molar refractivity (Wildman–Crippen MR) is 45.8 cm³/mol. The lowest BCUT2D eigenvalue weighted by Crippen LogP contribution is -1.98. The van der Waals surface area contributed by atoms with Gasteiger partial charge in [-0.2, -0.15) is 4.39 Å². The minimum absolute atomic E-state index is 0.200. The Hall–Kier alpha value is -0.840. The SMILES string of the molecule is Cc1nc(F)c(Br)cc1[N+](C)=O. The molecule has 0 aromatic carbocycles. The standard InChI is InChI=1S/C7H7BrFN2O/c1-4-6(11(2)12)3-5(8)7(9)10-4/h3H,1-2H3/q+1. The van der Waals surface area contributed by atoms with Crippen molar-refractivity contribution in [3.05, 3.63) is 27.1 Å². The van der Waals surface area contributed by atoms with Crippen molar-refractivity contribution in [2.75, 3.05) is 7.05 Å². The van der Waals surface area contributed by atoms with E-state index < -0.39 is 5.95 Å². The zero-order chi connectivity index (χ0) is 9.30. The van der Waals surface area contributed by atoms with Crippen LogP contribution in [-0.2, 0) is 0 Å². The first-order valence-corrected chi connectivity index (χ1v) is 4.05. The van der Waals surface area contributed by atoms with Crippen LogP contribution in [0.2, 0.25) is 0 Å². The summed E-state index contributed by atoms with van der Waals surface area (Å²) < 4.78 is 13.6. The molecule has 3 nitrogen and oxygen atoms in total. The topological polar surface area (TPSA) is 33.0 Å². The Morgan fingerprint density at radius 2 is 2.25 bits per heavy atom. The Kier molecular flexibility index (Phi) is 2.52. The van der Waals surface area contributed by atoms with E-state index in [1.807, 2.05) is 0 Å². The predicted octanol–water partition coefficient (Wildman–Crippen LogP) is 2.33. The van der Waals surface area contributed by atoms with Crippen molar-refractivity contribution in [3.63, 3.8) is 0 Å². The van der Waals surface area contributed by atoms with Crippen molar-refractivity contribution in [1.29, 1.82) is 0 Å². The van der Waals surface area contributed by atoms with E-state index >= 15 is 0 Å². The molecule has 1 rings (SSSR count). The molecule has 1 aromatic rings. The third-order valence-electron chi connectivity index (χ3n) is 1.44. The van der Waals surface area contributed by atoms with Crippen LogP contribution in [0.25, 0.3) is 0 Å². The summed E-state index contributed by atoms with van der Waals surface area (Å²) in [6.45, 7) is 1.58. The van der Waals surface area contributed by atoms with Crippen LogP contribution in [0.1, 0.15) is 5.69 Å². The molecular weight excluding hydrogens is 227 g/mol. The van der Waals surface area contributed by atoms with Gasteiger partial charge in [-0.1, -0.05) is 0 Å². The van der Waals surface area contributed by atoms with E-state index in [1.54, 1.807) is 6.92 Å². The second kappa shape index (κ2) is 3.26. The summed E-state index contributed by atoms with van der Waals surface area (Å²) in [6.07, 6.45) is 0. The van der Waals surface area contributed by atoms with E-state index in [0.717, 1.165) is 0 Å². The molecule has 0 saturated heterocycles. The zero-order valence-electron chi connectivity index (χ0n) is 6.64. The number of pyridine rings is 1. The highest BCUT2D eigenvalue weighted by Gasteiger charge is 2.15. The molecule has 0 saturated carbocycles. The van der Waals surface area contributed by atoms with Crippen LogP contribution in [0.15, 0.2) is 10.5 Å². The number of nitrogens with zero attached hydrogens (tertiary/aromatic N) is 2. The number of rotatable bonds is 1. The second-order valence-corrected chi connectivity index (χ2v) is 3.22. The van der Waals surface area contributed by atoms with Gasteiger partial charge in [0, 0.05) is 15.7 Å². The minimum atomic E-state index is -0.599. The number of hydrogen-bond donors (Lipinski definition) is 0. The van der Waals surface area contributed by atoms with Gasteiger partial charge in [0.15, 0.2) is 7.05 Å². The Morgan fingerprint density at radius 1 is 1.67 bits per heavy atom. The van der Waals surface area contributed by atoms with Gasteiger partial charge in [-0.05, 0) is 22.9 Å². The molecule has 0 aliphatic carbocycles. The first kappa shape index (κ1) is 9.25. The Labute approximate surface area is 77.3 Å². The summed E-state index contributed by atoms with van der Waals surface area (Å²) in [5.41, 5.74) is 0.747. The molecule has 1 aromatic heterocycles. The molecular formula is C7H7BrFN2O+. The fraction of sp³-hybridized carbons (Fsp3) is 0.286. The molecule has 0 bridgehead atoms. The summed E-state index contributed by atoms with van der Waals surface area (Å²) >= 11 is 2.95. The summed E-state index contributed by atoms with van der Waals surface area (Å²) in [7, 11) is 1.34. The number of aromatic nitrogens is 1. The summed E-state index contributed by atoms with van der Waals surface area (Å²) in [5.74, 6) is -0.599. The van der Waals surface area contributed by atoms with E-state index in [4.69, 9.17) is 0 Å². The van der Waals surface area contributed by atoms with Crippen molar-refractivity contribution in [2.45, 2.75) is 6.92 Å². The fourth-order valence-electron chi connectivity index (χ4n) is 0.861. The van der Waals surface area contributed by atoms with Crippen molar-refractivity contribution in [3.8, 4) is 0 Å². The number of hydrogen-bond acceptors (Lipinski definition) is 2. The molecule has 0 amide bonds. The average Bonchev–Trinajstić information content (AvgIpc) is 1.96. The van der Waals surface area contributed by atoms with Gasteiger partial charge in [0.25, 0.3) is 5.69 Å². The van der Waals surface area contributed by atoms with Crippen LogP contribution in [-0.4, -0.2) is 16.8 Å². The molecule has 0 aliphatic rings. The van der Waals surface area contributed by atoms with E-state index in [2.05, 4.69) is 20.9 Å². The van der Waals surface area contributed by atoms with Crippen molar-refractivity contribution in [1.82, 2.24) is 4.98 Å². The smallest absolute Gasteiger partial charge is 0.217 e. The van der Waals surface area contributed by atoms with Crippen LogP contribution in [0.3, 0.4) is 0 Å². The second-order valence-electron chi connectivity index (χ2n) is 2.36. The van der Waals surface area contributed by atoms with Crippen molar-refractivity contribution >= 4 is 21.6 Å². The maximum atomic E-state index is 12.7. The molecule has 5 heteroatoms. The van der Waals surface area contributed by atoms with Gasteiger partial charge in [-0.15, -0.1) is 0 Å². The highest BCUT2D eigenvalue weighted by Crippen LogP contribution is 2.22. The third kappa shape index (κ3) is 1.66. The maximum Gasteiger partial charge on any atom is 0.277 e. The van der Waals surface area contributed by atoms with Gasteiger partial charge >= 0.3 is 0 Å². The summed E-state index contributed by atoms with van der Waals surface area (Å²) in [6, 6.07) is 1.41. The Bertz CT molecular complexity index is 340. The van der Waals surface area contributed by atoms with Gasteiger partial charge in [-0.3, -0.25) is 0 Å². The first-order valence-electron chi connectivity index (χ1n) is 3.26. The molecule has 1 heterocycles. The Morgan fingerprint density at radius 3 is 2.75 bits per heavy atom. The lowest BCUT2D eigenvalue weighted by molar-refractivity contribution is -0.429. The van der Waals surface area contributed by atoms with Gasteiger partial charge < -0.3 is 0 Å². The maximum absolute atomic E-state index is 12.7. The van der Waals surface area contributed by atoms with Gasteiger partial charge in [0.05, 0.1) is 4.47 Å². The molecule has 64 valence electrons. The van der Waals surface area contributed by atoms with Gasteiger partial charge in [0.1, 0.15) is 5.69 Å². The van der Waals surface area contributed by atoms with Crippen molar-refractivity contribution < 1.29 is 9.15 Å². The van der Waals surface area contributed by atoms with E-state index in [0.29, 0.717) is 16.1 Å². The zero-order valence-corrected chi connectivity index (χ0v) is 8.22. The lowest BCUT2D eigenvalue weighted by Gasteiger charge is -1.96. The van der Waals surface area contributed by atoms with E-state index in [-0.39, 0.29) is 4.47 Å². The highest BCUT2D eigenvalue weighted by molar-refractivity contribution is 9.10. The Balaban J connectivity index is 3.33. The van der Waals surface area contributed by atoms with E-state index in [9.17, 15) is 9.30 Å².